The molecule has 0 unspecified atom stereocenters. The number of anilines is 2. The predicted octanol–water partition coefficient (Wildman–Crippen LogP) is 3.62. The smallest absolute Gasteiger partial charge is 0.266 e. The number of nitrogen functional groups attached to an aromatic ring is 1. The minimum absolute atomic E-state index is 0.0376. The Morgan fingerprint density at radius 2 is 1.76 bits per heavy atom. The van der Waals surface area contributed by atoms with Crippen molar-refractivity contribution in [2.45, 2.75) is 0 Å². The normalized spacial score (nSPS) is 13.8. The van der Waals surface area contributed by atoms with Crippen molar-refractivity contribution in [3.05, 3.63) is 56.8 Å². The molecule has 0 radical (unpaired) electrons. The number of hydrogen-bond acceptors (Lipinski definition) is 3. The summed E-state index contributed by atoms with van der Waals surface area (Å²) in [5.41, 5.74) is 6.56. The summed E-state index contributed by atoms with van der Waals surface area (Å²) in [7, 11) is 0. The van der Waals surface area contributed by atoms with Crippen LogP contribution in [0.2, 0.25) is 5.02 Å². The molecule has 0 aromatic heterocycles. The highest BCUT2D eigenvalue weighted by Gasteiger charge is 2.38. The van der Waals surface area contributed by atoms with Crippen LogP contribution in [0, 0.1) is 5.82 Å². The van der Waals surface area contributed by atoms with Crippen LogP contribution in [0.5, 0.6) is 0 Å². The summed E-state index contributed by atoms with van der Waals surface area (Å²) in [6.45, 7) is 0. The monoisotopic (exact) mass is 368 g/mol. The van der Waals surface area contributed by atoms with Gasteiger partial charge >= 0.3 is 0 Å². The van der Waals surface area contributed by atoms with E-state index in [-0.39, 0.29) is 26.3 Å². The lowest BCUT2D eigenvalue weighted by Crippen LogP contribution is -2.30. The summed E-state index contributed by atoms with van der Waals surface area (Å²) < 4.78 is 13.5. The zero-order valence-electron chi connectivity index (χ0n) is 10.4. The molecule has 7 heteroatoms. The van der Waals surface area contributed by atoms with Gasteiger partial charge in [-0.15, -0.1) is 0 Å². The number of benzene rings is 2. The molecule has 0 bridgehead atoms. The van der Waals surface area contributed by atoms with Crippen molar-refractivity contribution in [1.82, 2.24) is 0 Å². The highest BCUT2D eigenvalue weighted by molar-refractivity contribution is 9.10. The first-order valence-corrected chi connectivity index (χ1v) is 7.00. The van der Waals surface area contributed by atoms with Crippen LogP contribution in [0.1, 0.15) is 20.7 Å². The molecule has 2 aromatic rings. The van der Waals surface area contributed by atoms with Gasteiger partial charge in [-0.1, -0.05) is 11.6 Å². The Balaban J connectivity index is 2.19. The number of carbonyl (C=O) groups is 2. The Morgan fingerprint density at radius 3 is 2.43 bits per heavy atom. The fourth-order valence-corrected chi connectivity index (χ4v) is 3.22. The third-order valence-electron chi connectivity index (χ3n) is 3.12. The van der Waals surface area contributed by atoms with Crippen molar-refractivity contribution < 1.29 is 14.0 Å². The molecule has 1 aliphatic heterocycles. The molecule has 0 saturated carbocycles. The molecule has 2 amide bonds. The fourth-order valence-electron chi connectivity index (χ4n) is 2.21. The first-order chi connectivity index (χ1) is 9.90. The maximum Gasteiger partial charge on any atom is 0.266 e. The number of rotatable bonds is 1. The molecule has 106 valence electrons. The maximum atomic E-state index is 13.3. The highest BCUT2D eigenvalue weighted by atomic mass is 79.9. The van der Waals surface area contributed by atoms with E-state index in [9.17, 15) is 14.0 Å². The Hall–Kier alpha value is -1.92. The standard InChI is InChI=1S/C14H7BrClFN2O2/c15-10-3-6(17)4-11(16)12(10)19-13(20)8-2-1-7(18)5-9(8)14(19)21/h1-5H,18H2. The van der Waals surface area contributed by atoms with Gasteiger partial charge < -0.3 is 5.73 Å². The lowest BCUT2D eigenvalue weighted by atomic mass is 10.1. The van der Waals surface area contributed by atoms with Gasteiger partial charge in [0.2, 0.25) is 0 Å². The molecule has 3 rings (SSSR count). The van der Waals surface area contributed by atoms with Crippen molar-refractivity contribution >= 4 is 50.7 Å². The zero-order chi connectivity index (χ0) is 15.3. The fraction of sp³-hybridized carbons (Fsp3) is 0. The Bertz CT molecular complexity index is 787. The van der Waals surface area contributed by atoms with Gasteiger partial charge in [-0.3, -0.25) is 9.59 Å². The third kappa shape index (κ3) is 2.11. The van der Waals surface area contributed by atoms with Crippen LogP contribution in [0.4, 0.5) is 15.8 Å². The number of halogens is 3. The van der Waals surface area contributed by atoms with Crippen LogP contribution in [0.15, 0.2) is 34.8 Å². The average molecular weight is 370 g/mol. The molecule has 2 aromatic carbocycles. The summed E-state index contributed by atoms with van der Waals surface area (Å²) in [6, 6.07) is 6.63. The van der Waals surface area contributed by atoms with Crippen molar-refractivity contribution in [2.24, 2.45) is 0 Å². The molecular weight excluding hydrogens is 363 g/mol. The predicted molar refractivity (Wildman–Crippen MR) is 81.1 cm³/mol. The molecule has 1 aliphatic rings. The molecular formula is C14H7BrClFN2O2. The van der Waals surface area contributed by atoms with Gasteiger partial charge in [0.05, 0.1) is 21.8 Å². The summed E-state index contributed by atoms with van der Waals surface area (Å²) in [5.74, 6) is -1.64. The van der Waals surface area contributed by atoms with Crippen molar-refractivity contribution in [3.63, 3.8) is 0 Å². The molecule has 4 nitrogen and oxygen atoms in total. The van der Waals surface area contributed by atoms with E-state index in [0.717, 1.165) is 17.0 Å². The van der Waals surface area contributed by atoms with E-state index >= 15 is 0 Å². The van der Waals surface area contributed by atoms with Gasteiger partial charge in [0.25, 0.3) is 11.8 Å². The molecule has 21 heavy (non-hydrogen) atoms. The Labute approximate surface area is 132 Å². The van der Waals surface area contributed by atoms with E-state index in [1.165, 1.54) is 18.2 Å². The number of imide groups is 1. The topological polar surface area (TPSA) is 63.4 Å². The molecule has 1 heterocycles. The summed E-state index contributed by atoms with van der Waals surface area (Å²) in [5, 5.41) is -0.0376. The number of hydrogen-bond donors (Lipinski definition) is 1. The van der Waals surface area contributed by atoms with Crippen LogP contribution in [0.3, 0.4) is 0 Å². The van der Waals surface area contributed by atoms with E-state index in [0.29, 0.717) is 5.69 Å². The number of amides is 2. The summed E-state index contributed by atoms with van der Waals surface area (Å²) in [6.07, 6.45) is 0. The molecule has 2 N–H and O–H groups in total. The Kier molecular flexibility index (Phi) is 3.22. The first-order valence-electron chi connectivity index (χ1n) is 5.83. The lowest BCUT2D eigenvalue weighted by molar-refractivity contribution is 0.0926. The van der Waals surface area contributed by atoms with Crippen LogP contribution in [0.25, 0.3) is 0 Å². The van der Waals surface area contributed by atoms with Crippen molar-refractivity contribution in [2.75, 3.05) is 10.6 Å². The van der Waals surface area contributed by atoms with Gasteiger partial charge in [0, 0.05) is 10.2 Å². The van der Waals surface area contributed by atoms with E-state index in [1.807, 2.05) is 0 Å². The minimum Gasteiger partial charge on any atom is -0.399 e. The molecule has 0 spiro atoms. The lowest BCUT2D eigenvalue weighted by Gasteiger charge is -2.17. The van der Waals surface area contributed by atoms with E-state index in [4.69, 9.17) is 17.3 Å². The molecule has 0 atom stereocenters. The van der Waals surface area contributed by atoms with Crippen molar-refractivity contribution in [3.8, 4) is 0 Å². The molecule has 0 aliphatic carbocycles. The maximum absolute atomic E-state index is 13.3. The van der Waals surface area contributed by atoms with E-state index < -0.39 is 17.6 Å². The van der Waals surface area contributed by atoms with E-state index in [1.54, 1.807) is 0 Å². The SMILES string of the molecule is Nc1ccc2c(c1)C(=O)N(c1c(Cl)cc(F)cc1Br)C2=O. The van der Waals surface area contributed by atoms with Crippen LogP contribution < -0.4 is 10.6 Å². The number of fused-ring (bicyclic) bond motifs is 1. The third-order valence-corrected chi connectivity index (χ3v) is 4.01. The second kappa shape index (κ2) is 4.82. The van der Waals surface area contributed by atoms with Gasteiger partial charge in [-0.05, 0) is 46.3 Å². The van der Waals surface area contributed by atoms with Gasteiger partial charge in [-0.25, -0.2) is 9.29 Å². The Morgan fingerprint density at radius 1 is 1.10 bits per heavy atom. The summed E-state index contributed by atoms with van der Waals surface area (Å²) in [4.78, 5) is 25.7. The zero-order valence-corrected chi connectivity index (χ0v) is 12.7. The molecule has 0 fully saturated rings. The number of carbonyl (C=O) groups excluding carboxylic acids is 2. The van der Waals surface area contributed by atoms with Crippen LogP contribution in [-0.2, 0) is 0 Å². The number of nitrogens with two attached hydrogens (primary N) is 1. The second-order valence-electron chi connectivity index (χ2n) is 4.47. The van der Waals surface area contributed by atoms with Gasteiger partial charge in [0.15, 0.2) is 0 Å². The quantitative estimate of drug-likeness (QED) is 0.617. The van der Waals surface area contributed by atoms with Gasteiger partial charge in [-0.2, -0.15) is 0 Å². The van der Waals surface area contributed by atoms with Crippen LogP contribution in [-0.4, -0.2) is 11.8 Å². The average Bonchev–Trinajstić information content (AvgIpc) is 2.62. The largest absolute Gasteiger partial charge is 0.399 e. The molecule has 0 saturated heterocycles. The number of nitrogens with zero attached hydrogens (tertiary/aromatic N) is 1. The van der Waals surface area contributed by atoms with Crippen molar-refractivity contribution in [1.29, 1.82) is 0 Å². The highest BCUT2D eigenvalue weighted by Crippen LogP contribution is 2.39. The van der Waals surface area contributed by atoms with E-state index in [2.05, 4.69) is 15.9 Å². The second-order valence-corrected chi connectivity index (χ2v) is 5.73. The summed E-state index contributed by atoms with van der Waals surface area (Å²) >= 11 is 9.11. The minimum atomic E-state index is -0.573. The van der Waals surface area contributed by atoms with Gasteiger partial charge in [0.1, 0.15) is 5.82 Å². The van der Waals surface area contributed by atoms with Crippen LogP contribution >= 0.6 is 27.5 Å². The first kappa shape index (κ1) is 14.0.